The zero-order chi connectivity index (χ0) is 15.4. The summed E-state index contributed by atoms with van der Waals surface area (Å²) >= 11 is 3.30. The second kappa shape index (κ2) is 6.91. The van der Waals surface area contributed by atoms with Crippen LogP contribution in [-0.2, 0) is 11.3 Å². The molecule has 4 nitrogen and oxygen atoms in total. The monoisotopic (exact) mass is 358 g/mol. The fraction of sp³-hybridized carbons (Fsp3) is 0.294. The summed E-state index contributed by atoms with van der Waals surface area (Å²) in [6.45, 7) is 0.623. The van der Waals surface area contributed by atoms with Crippen molar-refractivity contribution in [3.05, 3.63) is 58.2 Å². The first-order valence-corrected chi connectivity index (χ1v) is 7.91. The van der Waals surface area contributed by atoms with E-state index in [-0.39, 0.29) is 12.2 Å². The molecule has 0 radical (unpaired) electrons. The molecule has 0 spiro atoms. The van der Waals surface area contributed by atoms with Crippen LogP contribution in [0.15, 0.2) is 47.1 Å². The first-order valence-electron chi connectivity index (χ1n) is 7.12. The van der Waals surface area contributed by atoms with Gasteiger partial charge in [0.05, 0.1) is 12.7 Å². The summed E-state index contributed by atoms with van der Waals surface area (Å²) in [6, 6.07) is 13.9. The molecule has 0 N–H and O–H groups in total. The van der Waals surface area contributed by atoms with Crippen molar-refractivity contribution in [3.63, 3.8) is 0 Å². The van der Waals surface area contributed by atoms with Gasteiger partial charge in [-0.1, -0.05) is 30.3 Å². The average molecular weight is 359 g/mol. The van der Waals surface area contributed by atoms with Crippen molar-refractivity contribution in [2.45, 2.75) is 31.7 Å². The Balaban J connectivity index is 1.47. The zero-order valence-electron chi connectivity index (χ0n) is 11.9. The van der Waals surface area contributed by atoms with Crippen LogP contribution in [-0.4, -0.2) is 17.2 Å². The number of halogens is 1. The molecule has 1 aromatic heterocycles. The first kappa shape index (κ1) is 15.0. The third-order valence-corrected chi connectivity index (χ3v) is 4.03. The molecule has 1 aliphatic carbocycles. The fourth-order valence-corrected chi connectivity index (χ4v) is 2.63. The number of rotatable bonds is 5. The van der Waals surface area contributed by atoms with Crippen molar-refractivity contribution >= 4 is 15.9 Å². The van der Waals surface area contributed by atoms with Crippen molar-refractivity contribution in [2.24, 2.45) is 0 Å². The van der Waals surface area contributed by atoms with Crippen molar-refractivity contribution in [2.75, 3.05) is 0 Å². The van der Waals surface area contributed by atoms with E-state index in [9.17, 15) is 0 Å². The van der Waals surface area contributed by atoms with E-state index in [1.54, 1.807) is 12.3 Å². The minimum Gasteiger partial charge on any atom is -0.473 e. The molecular weight excluding hydrogens is 344 g/mol. The molecule has 0 saturated heterocycles. The largest absolute Gasteiger partial charge is 0.473 e. The van der Waals surface area contributed by atoms with Crippen molar-refractivity contribution in [1.82, 2.24) is 4.98 Å². The summed E-state index contributed by atoms with van der Waals surface area (Å²) in [5.74, 6) is 0.400. The van der Waals surface area contributed by atoms with E-state index in [0.29, 0.717) is 18.1 Å². The SMILES string of the molecule is N#Cc1cc(Br)cnc1OC1CC(OCc2ccccc2)C1. The zero-order valence-corrected chi connectivity index (χ0v) is 13.5. The molecule has 1 fully saturated rings. The summed E-state index contributed by atoms with van der Waals surface area (Å²) in [5.41, 5.74) is 1.62. The van der Waals surface area contributed by atoms with Gasteiger partial charge in [-0.2, -0.15) is 5.26 Å². The van der Waals surface area contributed by atoms with Crippen molar-refractivity contribution < 1.29 is 9.47 Å². The topological polar surface area (TPSA) is 55.1 Å². The lowest BCUT2D eigenvalue weighted by atomic mass is 9.92. The van der Waals surface area contributed by atoms with Crippen LogP contribution in [0.2, 0.25) is 0 Å². The number of aromatic nitrogens is 1. The molecule has 0 unspecified atom stereocenters. The second-order valence-electron chi connectivity index (χ2n) is 5.25. The van der Waals surface area contributed by atoms with Gasteiger partial charge in [0.1, 0.15) is 17.7 Å². The highest BCUT2D eigenvalue weighted by Gasteiger charge is 2.32. The van der Waals surface area contributed by atoms with Gasteiger partial charge in [-0.05, 0) is 27.6 Å². The smallest absolute Gasteiger partial charge is 0.231 e. The average Bonchev–Trinajstić information content (AvgIpc) is 2.51. The number of nitrogens with zero attached hydrogens (tertiary/aromatic N) is 2. The quantitative estimate of drug-likeness (QED) is 0.814. The van der Waals surface area contributed by atoms with Crippen LogP contribution in [0, 0.1) is 11.3 Å². The van der Waals surface area contributed by atoms with E-state index in [1.807, 2.05) is 18.2 Å². The molecule has 3 rings (SSSR count). The first-order chi connectivity index (χ1) is 10.7. The molecule has 1 aromatic carbocycles. The van der Waals surface area contributed by atoms with Crippen molar-refractivity contribution in [3.8, 4) is 11.9 Å². The van der Waals surface area contributed by atoms with Gasteiger partial charge in [-0.3, -0.25) is 0 Å². The maximum Gasteiger partial charge on any atom is 0.231 e. The van der Waals surface area contributed by atoms with E-state index < -0.39 is 0 Å². The highest BCUT2D eigenvalue weighted by Crippen LogP contribution is 2.30. The van der Waals surface area contributed by atoms with Gasteiger partial charge in [0.25, 0.3) is 0 Å². The van der Waals surface area contributed by atoms with Gasteiger partial charge in [0.15, 0.2) is 0 Å². The van der Waals surface area contributed by atoms with Crippen LogP contribution in [0.1, 0.15) is 24.0 Å². The van der Waals surface area contributed by atoms with Crippen LogP contribution in [0.3, 0.4) is 0 Å². The number of benzene rings is 1. The lowest BCUT2D eigenvalue weighted by Crippen LogP contribution is -2.39. The minimum absolute atomic E-state index is 0.0709. The molecule has 0 bridgehead atoms. The Bertz CT molecular complexity index is 679. The van der Waals surface area contributed by atoms with Crippen LogP contribution < -0.4 is 4.74 Å². The molecule has 1 aliphatic rings. The summed E-state index contributed by atoms with van der Waals surface area (Å²) in [7, 11) is 0. The Morgan fingerprint density at radius 3 is 2.73 bits per heavy atom. The number of ether oxygens (including phenoxy) is 2. The Morgan fingerprint density at radius 2 is 2.00 bits per heavy atom. The molecule has 1 heterocycles. The van der Waals surface area contributed by atoms with Gasteiger partial charge in [0, 0.05) is 23.5 Å². The lowest BCUT2D eigenvalue weighted by molar-refractivity contribution is -0.0695. The van der Waals surface area contributed by atoms with E-state index in [2.05, 4.69) is 39.1 Å². The van der Waals surface area contributed by atoms with E-state index in [0.717, 1.165) is 17.3 Å². The van der Waals surface area contributed by atoms with E-state index in [4.69, 9.17) is 14.7 Å². The Kier molecular flexibility index (Phi) is 4.71. The minimum atomic E-state index is 0.0709. The molecular formula is C17H15BrN2O2. The summed E-state index contributed by atoms with van der Waals surface area (Å²) in [6.07, 6.45) is 3.58. The Morgan fingerprint density at radius 1 is 1.23 bits per heavy atom. The van der Waals surface area contributed by atoms with Crippen molar-refractivity contribution in [1.29, 1.82) is 5.26 Å². The number of nitriles is 1. The fourth-order valence-electron chi connectivity index (χ4n) is 2.30. The number of pyridine rings is 1. The summed E-state index contributed by atoms with van der Waals surface area (Å²) in [4.78, 5) is 4.16. The highest BCUT2D eigenvalue weighted by atomic mass is 79.9. The van der Waals surface area contributed by atoms with Crippen LogP contribution in [0.5, 0.6) is 5.88 Å². The van der Waals surface area contributed by atoms with Crippen LogP contribution >= 0.6 is 15.9 Å². The van der Waals surface area contributed by atoms with Gasteiger partial charge >= 0.3 is 0 Å². The predicted octanol–water partition coefficient (Wildman–Crippen LogP) is 3.84. The van der Waals surface area contributed by atoms with Crippen LogP contribution in [0.25, 0.3) is 0 Å². The standard InChI is InChI=1S/C17H15BrN2O2/c18-14-6-13(9-19)17(20-10-14)22-16-7-15(8-16)21-11-12-4-2-1-3-5-12/h1-6,10,15-16H,7-8,11H2. The van der Waals surface area contributed by atoms with E-state index >= 15 is 0 Å². The predicted molar refractivity (Wildman–Crippen MR) is 85.3 cm³/mol. The number of hydrogen-bond acceptors (Lipinski definition) is 4. The maximum atomic E-state index is 9.09. The summed E-state index contributed by atoms with van der Waals surface area (Å²) < 4.78 is 12.4. The van der Waals surface area contributed by atoms with Gasteiger partial charge < -0.3 is 9.47 Å². The molecule has 22 heavy (non-hydrogen) atoms. The molecule has 0 aliphatic heterocycles. The highest BCUT2D eigenvalue weighted by molar-refractivity contribution is 9.10. The normalized spacial score (nSPS) is 20.0. The Hall–Kier alpha value is -1.90. The molecule has 5 heteroatoms. The van der Waals surface area contributed by atoms with Gasteiger partial charge in [-0.25, -0.2) is 4.98 Å². The summed E-state index contributed by atoms with van der Waals surface area (Å²) in [5, 5.41) is 9.09. The maximum absolute atomic E-state index is 9.09. The lowest BCUT2D eigenvalue weighted by Gasteiger charge is -2.34. The van der Waals surface area contributed by atoms with Gasteiger partial charge in [-0.15, -0.1) is 0 Å². The molecule has 112 valence electrons. The molecule has 1 saturated carbocycles. The second-order valence-corrected chi connectivity index (χ2v) is 6.16. The van der Waals surface area contributed by atoms with Crippen LogP contribution in [0.4, 0.5) is 0 Å². The van der Waals surface area contributed by atoms with Gasteiger partial charge in [0.2, 0.25) is 5.88 Å². The Labute approximate surface area is 137 Å². The van der Waals surface area contributed by atoms with E-state index in [1.165, 1.54) is 5.56 Å². The molecule has 0 atom stereocenters. The number of hydrogen-bond donors (Lipinski definition) is 0. The molecule has 0 amide bonds. The third-order valence-electron chi connectivity index (χ3n) is 3.60. The third kappa shape index (κ3) is 3.65. The molecule has 2 aromatic rings.